The zero-order chi connectivity index (χ0) is 24.8. The fraction of sp³-hybridized carbons (Fsp3) is 0.346. The predicted octanol–water partition coefficient (Wildman–Crippen LogP) is 3.09. The van der Waals surface area contributed by atoms with E-state index in [4.69, 9.17) is 14.2 Å². The minimum atomic E-state index is -0.745. The molecule has 1 atom stereocenters. The lowest BCUT2D eigenvalue weighted by atomic mass is 10.1. The van der Waals surface area contributed by atoms with Crippen LogP contribution in [-0.4, -0.2) is 55.3 Å². The van der Waals surface area contributed by atoms with Crippen molar-refractivity contribution >= 4 is 23.2 Å². The van der Waals surface area contributed by atoms with Crippen molar-refractivity contribution in [1.29, 1.82) is 0 Å². The molecule has 3 heterocycles. The molecule has 8 nitrogen and oxygen atoms in total. The lowest BCUT2D eigenvalue weighted by Crippen LogP contribution is -2.38. The molecule has 0 aliphatic carbocycles. The minimum Gasteiger partial charge on any atom is -0.492 e. The second kappa shape index (κ2) is 11.3. The number of carbonyl (C=O) groups is 2. The van der Waals surface area contributed by atoms with Gasteiger partial charge < -0.3 is 23.7 Å². The van der Waals surface area contributed by atoms with Gasteiger partial charge in [0.05, 0.1) is 13.7 Å². The van der Waals surface area contributed by atoms with E-state index in [-0.39, 0.29) is 29.3 Å². The Hall–Kier alpha value is -3.43. The van der Waals surface area contributed by atoms with Crippen molar-refractivity contribution in [3.8, 4) is 5.75 Å². The third-order valence-electron chi connectivity index (χ3n) is 6.09. The van der Waals surface area contributed by atoms with E-state index in [1.165, 1.54) is 24.9 Å². The Morgan fingerprint density at radius 1 is 1.09 bits per heavy atom. The molecule has 0 spiro atoms. The fourth-order valence-electron chi connectivity index (χ4n) is 4.29. The van der Waals surface area contributed by atoms with Crippen molar-refractivity contribution in [2.45, 2.75) is 25.5 Å². The highest BCUT2D eigenvalue weighted by Gasteiger charge is 2.30. The van der Waals surface area contributed by atoms with E-state index in [1.807, 2.05) is 47.2 Å². The van der Waals surface area contributed by atoms with Gasteiger partial charge in [-0.25, -0.2) is 4.79 Å². The summed E-state index contributed by atoms with van der Waals surface area (Å²) >= 11 is 1.60. The number of benzene rings is 1. The number of aromatic nitrogens is 1. The molecule has 35 heavy (non-hydrogen) atoms. The van der Waals surface area contributed by atoms with Crippen molar-refractivity contribution in [2.24, 2.45) is 0 Å². The average Bonchev–Trinajstić information content (AvgIpc) is 3.29. The SMILES string of the molecule is COC(=O)c1c(OCCc2ccsc2)cc(=O)n2c1CCN(C(=O)[C@@H](OC)c1ccccc1)CC2. The van der Waals surface area contributed by atoms with Gasteiger partial charge in [0.1, 0.15) is 11.3 Å². The lowest BCUT2D eigenvalue weighted by Gasteiger charge is -2.25. The molecule has 1 amide bonds. The number of amides is 1. The second-order valence-corrected chi connectivity index (χ2v) is 8.92. The molecule has 0 fully saturated rings. The van der Waals surface area contributed by atoms with Gasteiger partial charge in [-0.15, -0.1) is 0 Å². The predicted molar refractivity (Wildman–Crippen MR) is 132 cm³/mol. The van der Waals surface area contributed by atoms with Crippen LogP contribution in [0.5, 0.6) is 5.75 Å². The summed E-state index contributed by atoms with van der Waals surface area (Å²) in [6.45, 7) is 1.22. The quantitative estimate of drug-likeness (QED) is 0.446. The maximum atomic E-state index is 13.3. The van der Waals surface area contributed by atoms with E-state index in [0.29, 0.717) is 38.2 Å². The van der Waals surface area contributed by atoms with Crippen molar-refractivity contribution in [2.75, 3.05) is 33.9 Å². The van der Waals surface area contributed by atoms with Crippen molar-refractivity contribution in [3.05, 3.63) is 86.0 Å². The Morgan fingerprint density at radius 3 is 2.57 bits per heavy atom. The Balaban J connectivity index is 1.58. The van der Waals surface area contributed by atoms with Crippen LogP contribution in [0.4, 0.5) is 0 Å². The first-order chi connectivity index (χ1) is 17.0. The zero-order valence-corrected chi connectivity index (χ0v) is 20.6. The molecule has 4 rings (SSSR count). The molecule has 9 heteroatoms. The molecule has 2 aromatic heterocycles. The first-order valence-corrected chi connectivity index (χ1v) is 12.3. The molecule has 0 N–H and O–H groups in total. The van der Waals surface area contributed by atoms with Crippen LogP contribution in [0.15, 0.2) is 58.0 Å². The number of fused-ring (bicyclic) bond motifs is 1. The number of pyridine rings is 1. The van der Waals surface area contributed by atoms with Crippen LogP contribution in [-0.2, 0) is 33.7 Å². The topological polar surface area (TPSA) is 87.1 Å². The van der Waals surface area contributed by atoms with Gasteiger partial charge in [0.2, 0.25) is 0 Å². The minimum absolute atomic E-state index is 0.189. The second-order valence-electron chi connectivity index (χ2n) is 8.14. The first kappa shape index (κ1) is 24.7. The average molecular weight is 497 g/mol. The van der Waals surface area contributed by atoms with Crippen LogP contribution in [0, 0.1) is 0 Å². The van der Waals surface area contributed by atoms with Gasteiger partial charge in [-0.05, 0) is 28.0 Å². The number of methoxy groups -OCH3 is 2. The molecule has 0 bridgehead atoms. The van der Waals surface area contributed by atoms with Crippen molar-refractivity contribution in [1.82, 2.24) is 9.47 Å². The maximum absolute atomic E-state index is 13.3. The van der Waals surface area contributed by atoms with Gasteiger partial charge in [0, 0.05) is 51.3 Å². The molecule has 1 aliphatic rings. The molecule has 3 aromatic rings. The van der Waals surface area contributed by atoms with E-state index in [1.54, 1.807) is 16.2 Å². The standard InChI is InChI=1S/C26H28N2O6S/c1-32-24(19-6-4-3-5-7-19)25(30)27-11-8-20-23(26(31)33-2)21(16-22(29)28(20)13-12-27)34-14-9-18-10-15-35-17-18/h3-7,10,15-17,24H,8-9,11-14H2,1-2H3/t24-/m0/s1. The third kappa shape index (κ3) is 5.47. The number of ether oxygens (including phenoxy) is 3. The highest BCUT2D eigenvalue weighted by Crippen LogP contribution is 2.26. The number of esters is 1. The Kier molecular flexibility index (Phi) is 7.99. The normalized spacial score (nSPS) is 14.1. The molecular formula is C26H28N2O6S. The number of rotatable bonds is 8. The molecular weight excluding hydrogens is 468 g/mol. The van der Waals surface area contributed by atoms with E-state index in [0.717, 1.165) is 11.1 Å². The first-order valence-electron chi connectivity index (χ1n) is 11.4. The molecule has 184 valence electrons. The number of hydrogen-bond acceptors (Lipinski definition) is 7. The number of thiophene rings is 1. The summed E-state index contributed by atoms with van der Waals surface area (Å²) in [5.74, 6) is -0.549. The van der Waals surface area contributed by atoms with Gasteiger partial charge in [0.25, 0.3) is 11.5 Å². The molecule has 1 aliphatic heterocycles. The van der Waals surface area contributed by atoms with Crippen molar-refractivity contribution in [3.63, 3.8) is 0 Å². The smallest absolute Gasteiger partial charge is 0.343 e. The van der Waals surface area contributed by atoms with E-state index < -0.39 is 12.1 Å². The molecule has 0 unspecified atom stereocenters. The highest BCUT2D eigenvalue weighted by atomic mass is 32.1. The molecule has 1 aromatic carbocycles. The van der Waals surface area contributed by atoms with Gasteiger partial charge in [0.15, 0.2) is 6.10 Å². The van der Waals surface area contributed by atoms with Gasteiger partial charge in [-0.2, -0.15) is 11.3 Å². The van der Waals surface area contributed by atoms with Gasteiger partial charge in [-0.3, -0.25) is 9.59 Å². The van der Waals surface area contributed by atoms with Gasteiger partial charge in [-0.1, -0.05) is 30.3 Å². The van der Waals surface area contributed by atoms with Crippen LogP contribution >= 0.6 is 11.3 Å². The summed E-state index contributed by atoms with van der Waals surface area (Å²) < 4.78 is 18.0. The number of hydrogen-bond donors (Lipinski definition) is 0. The Morgan fingerprint density at radius 2 is 1.89 bits per heavy atom. The van der Waals surface area contributed by atoms with Crippen LogP contribution in [0.25, 0.3) is 0 Å². The van der Waals surface area contributed by atoms with Crippen LogP contribution in [0.3, 0.4) is 0 Å². The Bertz CT molecular complexity index is 1220. The molecule has 0 radical (unpaired) electrons. The van der Waals surface area contributed by atoms with Crippen LogP contribution in [0.1, 0.15) is 33.3 Å². The largest absolute Gasteiger partial charge is 0.492 e. The number of carbonyl (C=O) groups excluding carboxylic acids is 2. The van der Waals surface area contributed by atoms with E-state index >= 15 is 0 Å². The van der Waals surface area contributed by atoms with Crippen LogP contribution < -0.4 is 10.3 Å². The number of nitrogens with zero attached hydrogens (tertiary/aromatic N) is 2. The molecule has 0 saturated carbocycles. The fourth-order valence-corrected chi connectivity index (χ4v) is 5.00. The zero-order valence-electron chi connectivity index (χ0n) is 19.8. The highest BCUT2D eigenvalue weighted by molar-refractivity contribution is 7.07. The summed E-state index contributed by atoms with van der Waals surface area (Å²) in [6, 6.07) is 12.6. The van der Waals surface area contributed by atoms with Crippen molar-refractivity contribution < 1.29 is 23.8 Å². The summed E-state index contributed by atoms with van der Waals surface area (Å²) in [5.41, 5.74) is 2.35. The maximum Gasteiger partial charge on any atom is 0.343 e. The van der Waals surface area contributed by atoms with Crippen LogP contribution in [0.2, 0.25) is 0 Å². The summed E-state index contributed by atoms with van der Waals surface area (Å²) in [7, 11) is 2.80. The monoisotopic (exact) mass is 496 g/mol. The third-order valence-corrected chi connectivity index (χ3v) is 6.82. The lowest BCUT2D eigenvalue weighted by molar-refractivity contribution is -0.142. The van der Waals surface area contributed by atoms with E-state index in [2.05, 4.69) is 0 Å². The Labute approximate surface area is 207 Å². The van der Waals surface area contributed by atoms with E-state index in [9.17, 15) is 14.4 Å². The molecule has 0 saturated heterocycles. The van der Waals surface area contributed by atoms with Gasteiger partial charge >= 0.3 is 5.97 Å². The summed E-state index contributed by atoms with van der Waals surface area (Å²) in [4.78, 5) is 40.7. The summed E-state index contributed by atoms with van der Waals surface area (Å²) in [6.07, 6.45) is 0.214. The summed E-state index contributed by atoms with van der Waals surface area (Å²) in [5, 5.41) is 4.02.